The molecule has 2 aromatic heterocycles. The average molecular weight is 398 g/mol. The number of hydrogen-bond acceptors (Lipinski definition) is 4. The molecule has 0 radical (unpaired) electrons. The molecule has 2 aromatic carbocycles. The summed E-state index contributed by atoms with van der Waals surface area (Å²) in [5.41, 5.74) is -0.644. The number of halogens is 3. The Labute approximate surface area is 161 Å². The first kappa shape index (κ1) is 18.6. The van der Waals surface area contributed by atoms with Crippen molar-refractivity contribution in [3.8, 4) is 5.69 Å². The molecule has 0 spiro atoms. The summed E-state index contributed by atoms with van der Waals surface area (Å²) in [7, 11) is 0. The maximum Gasteiger partial charge on any atom is 0.416 e. The summed E-state index contributed by atoms with van der Waals surface area (Å²) in [5.74, 6) is -0.265. The molecule has 0 saturated carbocycles. The van der Waals surface area contributed by atoms with Crippen LogP contribution in [0, 0.1) is 0 Å². The van der Waals surface area contributed by atoms with Crippen LogP contribution in [0.3, 0.4) is 0 Å². The van der Waals surface area contributed by atoms with Gasteiger partial charge >= 0.3 is 6.18 Å². The summed E-state index contributed by atoms with van der Waals surface area (Å²) in [6.07, 6.45) is -2.08. The molecule has 29 heavy (non-hydrogen) atoms. The van der Waals surface area contributed by atoms with Gasteiger partial charge in [0.05, 0.1) is 24.0 Å². The molecule has 0 unspecified atom stereocenters. The van der Waals surface area contributed by atoms with Crippen LogP contribution in [-0.2, 0) is 12.7 Å². The van der Waals surface area contributed by atoms with E-state index < -0.39 is 17.3 Å². The van der Waals surface area contributed by atoms with E-state index in [4.69, 9.17) is 0 Å². The molecular formula is C20H13F3N4O2. The van der Waals surface area contributed by atoms with Crippen molar-refractivity contribution in [3.63, 3.8) is 0 Å². The van der Waals surface area contributed by atoms with Crippen molar-refractivity contribution in [3.05, 3.63) is 88.6 Å². The van der Waals surface area contributed by atoms with Gasteiger partial charge in [0.1, 0.15) is 11.7 Å². The standard InChI is InChI=1S/C20H13F3N4O2/c21-20(22,23)14-7-4-8-15(9-14)27-18-16(10-25-27)19(29)26(12-24-18)11-17(28)13-5-2-1-3-6-13/h1-10,12H,11H2. The van der Waals surface area contributed by atoms with Crippen LogP contribution in [0.25, 0.3) is 16.7 Å². The first-order chi connectivity index (χ1) is 13.8. The third-order valence-electron chi connectivity index (χ3n) is 4.38. The van der Waals surface area contributed by atoms with Gasteiger partial charge in [0.15, 0.2) is 11.4 Å². The Balaban J connectivity index is 1.72. The van der Waals surface area contributed by atoms with Crippen molar-refractivity contribution < 1.29 is 18.0 Å². The van der Waals surface area contributed by atoms with E-state index in [0.717, 1.165) is 21.4 Å². The second-order valence-corrected chi connectivity index (χ2v) is 6.31. The second-order valence-electron chi connectivity index (χ2n) is 6.31. The fraction of sp³-hybridized carbons (Fsp3) is 0.100. The first-order valence-corrected chi connectivity index (χ1v) is 8.53. The van der Waals surface area contributed by atoms with Gasteiger partial charge in [-0.25, -0.2) is 9.67 Å². The maximum atomic E-state index is 13.0. The van der Waals surface area contributed by atoms with Crippen LogP contribution >= 0.6 is 0 Å². The number of hydrogen-bond donors (Lipinski definition) is 0. The van der Waals surface area contributed by atoms with E-state index >= 15 is 0 Å². The number of aromatic nitrogens is 4. The Morgan fingerprint density at radius 1 is 1.03 bits per heavy atom. The van der Waals surface area contributed by atoms with Gasteiger partial charge in [0.2, 0.25) is 0 Å². The fourth-order valence-electron chi connectivity index (χ4n) is 2.93. The highest BCUT2D eigenvalue weighted by molar-refractivity contribution is 5.95. The van der Waals surface area contributed by atoms with Crippen LogP contribution in [0.15, 0.2) is 71.9 Å². The third-order valence-corrected chi connectivity index (χ3v) is 4.38. The molecule has 0 amide bonds. The lowest BCUT2D eigenvalue weighted by Gasteiger charge is -2.09. The summed E-state index contributed by atoms with van der Waals surface area (Å²) in [4.78, 5) is 29.2. The summed E-state index contributed by atoms with van der Waals surface area (Å²) in [5, 5.41) is 4.12. The van der Waals surface area contributed by atoms with Crippen molar-refractivity contribution in [2.75, 3.05) is 0 Å². The third kappa shape index (κ3) is 3.54. The van der Waals surface area contributed by atoms with Crippen LogP contribution in [-0.4, -0.2) is 25.1 Å². The molecule has 4 aromatic rings. The number of carbonyl (C=O) groups excluding carboxylic acids is 1. The van der Waals surface area contributed by atoms with Crippen molar-refractivity contribution in [1.82, 2.24) is 19.3 Å². The molecule has 0 aliphatic rings. The normalized spacial score (nSPS) is 11.7. The highest BCUT2D eigenvalue weighted by Gasteiger charge is 2.30. The molecule has 0 saturated heterocycles. The van der Waals surface area contributed by atoms with Gasteiger partial charge in [0, 0.05) is 5.56 Å². The van der Waals surface area contributed by atoms with Gasteiger partial charge in [-0.3, -0.25) is 14.2 Å². The van der Waals surface area contributed by atoms with E-state index in [-0.39, 0.29) is 29.0 Å². The molecule has 6 nitrogen and oxygen atoms in total. The van der Waals surface area contributed by atoms with E-state index in [9.17, 15) is 22.8 Å². The SMILES string of the molecule is O=C(Cn1cnc2c(cnn2-c2cccc(C(F)(F)F)c2)c1=O)c1ccccc1. The fourth-order valence-corrected chi connectivity index (χ4v) is 2.93. The molecule has 0 atom stereocenters. The Hall–Kier alpha value is -3.75. The first-order valence-electron chi connectivity index (χ1n) is 8.53. The monoisotopic (exact) mass is 398 g/mol. The summed E-state index contributed by atoms with van der Waals surface area (Å²) in [6, 6.07) is 13.1. The van der Waals surface area contributed by atoms with E-state index in [1.54, 1.807) is 30.3 Å². The molecule has 0 aliphatic carbocycles. The predicted molar refractivity (Wildman–Crippen MR) is 98.9 cm³/mol. The zero-order valence-electron chi connectivity index (χ0n) is 14.8. The van der Waals surface area contributed by atoms with Crippen molar-refractivity contribution in [1.29, 1.82) is 0 Å². The molecule has 2 heterocycles. The van der Waals surface area contributed by atoms with Gasteiger partial charge in [0.25, 0.3) is 5.56 Å². The van der Waals surface area contributed by atoms with E-state index in [2.05, 4.69) is 10.1 Å². The van der Waals surface area contributed by atoms with Gasteiger partial charge in [-0.15, -0.1) is 0 Å². The summed E-state index contributed by atoms with van der Waals surface area (Å²) in [6.45, 7) is -0.208. The minimum absolute atomic E-state index is 0.103. The molecule has 4 rings (SSSR count). The van der Waals surface area contributed by atoms with Crippen LogP contribution in [0.5, 0.6) is 0 Å². The van der Waals surface area contributed by atoms with E-state index in [1.807, 2.05) is 0 Å². The van der Waals surface area contributed by atoms with E-state index in [1.165, 1.54) is 24.7 Å². The number of rotatable bonds is 4. The molecule has 9 heteroatoms. The lowest BCUT2D eigenvalue weighted by atomic mass is 10.1. The minimum atomic E-state index is -4.50. The second kappa shape index (κ2) is 7.01. The van der Waals surface area contributed by atoms with Gasteiger partial charge in [-0.1, -0.05) is 36.4 Å². The van der Waals surface area contributed by atoms with Crippen LogP contribution in [0.2, 0.25) is 0 Å². The molecule has 0 aliphatic heterocycles. The highest BCUT2D eigenvalue weighted by atomic mass is 19.4. The Bertz CT molecular complexity index is 1260. The van der Waals surface area contributed by atoms with Crippen LogP contribution in [0.4, 0.5) is 13.2 Å². The number of alkyl halides is 3. The average Bonchev–Trinajstić information content (AvgIpc) is 3.15. The molecule has 0 fully saturated rings. The van der Waals surface area contributed by atoms with Crippen molar-refractivity contribution in [2.45, 2.75) is 12.7 Å². The highest BCUT2D eigenvalue weighted by Crippen LogP contribution is 2.30. The molecular weight excluding hydrogens is 385 g/mol. The number of fused-ring (bicyclic) bond motifs is 1. The number of carbonyl (C=O) groups is 1. The van der Waals surface area contributed by atoms with Gasteiger partial charge in [-0.2, -0.15) is 18.3 Å². The maximum absolute atomic E-state index is 13.0. The minimum Gasteiger partial charge on any atom is -0.292 e. The van der Waals surface area contributed by atoms with Crippen molar-refractivity contribution >= 4 is 16.8 Å². The largest absolute Gasteiger partial charge is 0.416 e. The molecule has 0 N–H and O–H groups in total. The zero-order chi connectivity index (χ0) is 20.6. The molecule has 0 bridgehead atoms. The van der Waals surface area contributed by atoms with Crippen LogP contribution < -0.4 is 5.56 Å². The number of nitrogens with zero attached hydrogens (tertiary/aromatic N) is 4. The van der Waals surface area contributed by atoms with Crippen molar-refractivity contribution in [2.24, 2.45) is 0 Å². The number of benzene rings is 2. The quantitative estimate of drug-likeness (QED) is 0.494. The Kier molecular flexibility index (Phi) is 4.50. The number of ketones is 1. The number of Topliss-reactive ketones (excluding diaryl/α,β-unsaturated/α-hetero) is 1. The van der Waals surface area contributed by atoms with Crippen LogP contribution in [0.1, 0.15) is 15.9 Å². The summed E-state index contributed by atoms with van der Waals surface area (Å²) >= 11 is 0. The van der Waals surface area contributed by atoms with Gasteiger partial charge < -0.3 is 0 Å². The smallest absolute Gasteiger partial charge is 0.292 e. The Morgan fingerprint density at radius 3 is 2.52 bits per heavy atom. The lowest BCUT2D eigenvalue weighted by molar-refractivity contribution is -0.137. The Morgan fingerprint density at radius 2 is 1.79 bits per heavy atom. The topological polar surface area (TPSA) is 69.8 Å². The van der Waals surface area contributed by atoms with E-state index in [0.29, 0.717) is 5.56 Å². The zero-order valence-corrected chi connectivity index (χ0v) is 14.8. The molecule has 146 valence electrons. The van der Waals surface area contributed by atoms with Gasteiger partial charge in [-0.05, 0) is 18.2 Å². The predicted octanol–water partition coefficient (Wildman–Crippen LogP) is 3.48. The lowest BCUT2D eigenvalue weighted by Crippen LogP contribution is -2.24. The summed E-state index contributed by atoms with van der Waals surface area (Å²) < 4.78 is 41.2.